The molecule has 0 aromatic heterocycles. The van der Waals surface area contributed by atoms with Gasteiger partial charge < -0.3 is 13.7 Å². The molecule has 146 valence electrons. The number of hydrogen-bond acceptors (Lipinski definition) is 4. The van der Waals surface area contributed by atoms with E-state index in [1.165, 1.54) is 12.1 Å². The summed E-state index contributed by atoms with van der Waals surface area (Å²) < 4.78 is 25.1. The molecule has 0 aliphatic carbocycles. The molecule has 2 fully saturated rings. The van der Waals surface area contributed by atoms with E-state index in [0.29, 0.717) is 5.46 Å². The monoisotopic (exact) mass is 383 g/mol. The lowest BCUT2D eigenvalue weighted by atomic mass is 9.57. The minimum atomic E-state index is -2.44. The fraction of sp³-hybridized carbons (Fsp3) is 0.333. The number of nitrogens with zero attached hydrogens (tertiary/aromatic N) is 1. The molecular weight excluding hydrogens is 360 g/mol. The maximum Gasteiger partial charge on any atom is 0.615 e. The molecule has 4 rings (SSSR count). The first-order chi connectivity index (χ1) is 13.0. The number of halogens is 1. The molecule has 5 nitrogen and oxygen atoms in total. The summed E-state index contributed by atoms with van der Waals surface area (Å²) in [4.78, 5) is 25.6. The van der Waals surface area contributed by atoms with Crippen LogP contribution >= 0.6 is 0 Å². The summed E-state index contributed by atoms with van der Waals surface area (Å²) in [7, 11) is 1.85. The van der Waals surface area contributed by atoms with Crippen LogP contribution in [-0.2, 0) is 18.9 Å². The Bertz CT molecular complexity index is 970. The van der Waals surface area contributed by atoms with E-state index < -0.39 is 29.7 Å². The molecule has 28 heavy (non-hydrogen) atoms. The van der Waals surface area contributed by atoms with Gasteiger partial charge in [-0.05, 0) is 56.4 Å². The van der Waals surface area contributed by atoms with Crippen LogP contribution in [0, 0.1) is 5.82 Å². The SMILES string of the molecule is CC1(C)C(=O)O[B-]2(c3cccc(-c4ccc(F)cc4)c3)OC(=O)C(C)(C)[N+]21C. The lowest BCUT2D eigenvalue weighted by Gasteiger charge is -2.54. The average molecular weight is 383 g/mol. The van der Waals surface area contributed by atoms with Gasteiger partial charge in [0, 0.05) is 7.05 Å². The summed E-state index contributed by atoms with van der Waals surface area (Å²) in [5, 5.41) is 0. The number of quaternary nitrogens is 1. The molecule has 0 radical (unpaired) electrons. The first kappa shape index (κ1) is 18.7. The predicted octanol–water partition coefficient (Wildman–Crippen LogP) is 2.76. The van der Waals surface area contributed by atoms with Crippen LogP contribution < -0.4 is 5.46 Å². The van der Waals surface area contributed by atoms with Gasteiger partial charge in [0.1, 0.15) is 5.82 Å². The van der Waals surface area contributed by atoms with Crippen molar-refractivity contribution >= 4 is 24.1 Å². The maximum atomic E-state index is 13.3. The van der Waals surface area contributed by atoms with Crippen molar-refractivity contribution in [3.8, 4) is 11.1 Å². The highest BCUT2D eigenvalue weighted by molar-refractivity contribution is 6.79. The molecule has 2 saturated heterocycles. The van der Waals surface area contributed by atoms with E-state index in [1.54, 1.807) is 39.8 Å². The summed E-state index contributed by atoms with van der Waals surface area (Å²) in [6, 6.07) is 13.5. The van der Waals surface area contributed by atoms with Crippen LogP contribution in [0.1, 0.15) is 27.7 Å². The van der Waals surface area contributed by atoms with Gasteiger partial charge in [-0.25, -0.2) is 14.0 Å². The van der Waals surface area contributed by atoms with Crippen LogP contribution in [0.3, 0.4) is 0 Å². The largest absolute Gasteiger partial charge is 0.615 e. The first-order valence-corrected chi connectivity index (χ1v) is 9.31. The number of rotatable bonds is 2. The van der Waals surface area contributed by atoms with Crippen LogP contribution in [0.2, 0.25) is 0 Å². The fourth-order valence-corrected chi connectivity index (χ4v) is 4.76. The Balaban J connectivity index is 1.93. The van der Waals surface area contributed by atoms with Crippen molar-refractivity contribution in [3.63, 3.8) is 0 Å². The summed E-state index contributed by atoms with van der Waals surface area (Å²) in [5.41, 5.74) is 0.323. The third-order valence-corrected chi connectivity index (χ3v) is 7.02. The van der Waals surface area contributed by atoms with Gasteiger partial charge in [-0.3, -0.25) is 0 Å². The molecule has 0 saturated carbocycles. The Morgan fingerprint density at radius 1 is 0.857 bits per heavy atom. The Morgan fingerprint density at radius 2 is 1.39 bits per heavy atom. The van der Waals surface area contributed by atoms with Gasteiger partial charge in [0.15, 0.2) is 11.1 Å². The average Bonchev–Trinajstić information content (AvgIpc) is 2.91. The second kappa shape index (κ2) is 5.44. The third-order valence-electron chi connectivity index (χ3n) is 7.02. The van der Waals surface area contributed by atoms with Gasteiger partial charge in [0.05, 0.1) is 0 Å². The second-order valence-electron chi connectivity index (χ2n) is 8.81. The Labute approximate surface area is 163 Å². The Morgan fingerprint density at radius 3 is 1.93 bits per heavy atom. The lowest BCUT2D eigenvalue weighted by molar-refractivity contribution is -0.885. The quantitative estimate of drug-likeness (QED) is 0.749. The molecule has 2 aliphatic heterocycles. The zero-order valence-corrected chi connectivity index (χ0v) is 16.7. The molecule has 2 heterocycles. The summed E-state index contributed by atoms with van der Waals surface area (Å²) >= 11 is 0. The summed E-state index contributed by atoms with van der Waals surface area (Å²) in [6.07, 6.45) is 0. The van der Waals surface area contributed by atoms with E-state index in [0.717, 1.165) is 11.1 Å². The van der Waals surface area contributed by atoms with E-state index in [1.807, 2.05) is 31.3 Å². The Hall–Kier alpha value is -2.67. The van der Waals surface area contributed by atoms with Crippen molar-refractivity contribution < 1.29 is 27.7 Å². The highest BCUT2D eigenvalue weighted by Gasteiger charge is 2.80. The van der Waals surface area contributed by atoms with Gasteiger partial charge in [0.25, 0.3) is 0 Å². The number of fused-ring (bicyclic) bond motifs is 1. The molecule has 0 spiro atoms. The molecule has 0 bridgehead atoms. The van der Waals surface area contributed by atoms with Gasteiger partial charge in [0.2, 0.25) is 0 Å². The van der Waals surface area contributed by atoms with Gasteiger partial charge in [-0.1, -0.05) is 36.4 Å². The van der Waals surface area contributed by atoms with Gasteiger partial charge in [-0.15, -0.1) is 0 Å². The van der Waals surface area contributed by atoms with Gasteiger partial charge >= 0.3 is 18.6 Å². The minimum Gasteiger partial charge on any atom is -0.596 e. The second-order valence-corrected chi connectivity index (χ2v) is 8.81. The molecule has 0 N–H and O–H groups in total. The zero-order valence-electron chi connectivity index (χ0n) is 16.7. The number of carbonyl (C=O) groups excluding carboxylic acids is 2. The molecular formula is C21H23BFNO4. The summed E-state index contributed by atoms with van der Waals surface area (Å²) in [5.74, 6) is -1.12. The molecule has 2 aliphatic rings. The predicted molar refractivity (Wildman–Crippen MR) is 104 cm³/mol. The van der Waals surface area contributed by atoms with Crippen LogP contribution in [0.25, 0.3) is 11.1 Å². The van der Waals surface area contributed by atoms with Crippen LogP contribution in [0.5, 0.6) is 0 Å². The lowest BCUT2D eigenvalue weighted by Crippen LogP contribution is -2.77. The van der Waals surface area contributed by atoms with E-state index in [9.17, 15) is 14.0 Å². The number of benzene rings is 2. The maximum absolute atomic E-state index is 13.3. The van der Waals surface area contributed by atoms with Gasteiger partial charge in [-0.2, -0.15) is 0 Å². The molecule has 7 heteroatoms. The van der Waals surface area contributed by atoms with Crippen LogP contribution in [0.15, 0.2) is 48.5 Å². The van der Waals surface area contributed by atoms with Crippen LogP contribution in [-0.4, -0.2) is 41.1 Å². The topological polar surface area (TPSA) is 52.6 Å². The van der Waals surface area contributed by atoms with E-state index >= 15 is 0 Å². The van der Waals surface area contributed by atoms with E-state index in [-0.39, 0.29) is 10.2 Å². The third kappa shape index (κ3) is 2.00. The number of hydrogen-bond donors (Lipinski definition) is 0. The molecule has 2 aromatic carbocycles. The molecule has 0 unspecified atom stereocenters. The van der Waals surface area contributed by atoms with Crippen LogP contribution in [0.4, 0.5) is 4.39 Å². The highest BCUT2D eigenvalue weighted by Crippen LogP contribution is 2.51. The standard InChI is InChI=1S/C21H23BFNO4/c1-20(2)18(25)27-22(24(20,5)21(3,4)19(26)28-22)16-8-6-7-15(13-16)14-9-11-17(23)12-10-14/h6-13H,1-5H3. The van der Waals surface area contributed by atoms with Crippen molar-refractivity contribution in [2.24, 2.45) is 0 Å². The van der Waals surface area contributed by atoms with E-state index in [2.05, 4.69) is 0 Å². The van der Waals surface area contributed by atoms with Crippen molar-refractivity contribution in [3.05, 3.63) is 54.3 Å². The van der Waals surface area contributed by atoms with Crippen molar-refractivity contribution in [2.75, 3.05) is 7.05 Å². The number of likely N-dealkylation sites (N-methyl/N-ethyl adjacent to an activating group) is 1. The zero-order chi connectivity index (χ0) is 20.5. The normalized spacial score (nSPS) is 29.9. The highest BCUT2D eigenvalue weighted by atomic mass is 19.1. The number of carbonyl (C=O) groups is 2. The Kier molecular flexibility index (Phi) is 3.63. The van der Waals surface area contributed by atoms with Crippen molar-refractivity contribution in [2.45, 2.75) is 38.8 Å². The first-order valence-electron chi connectivity index (χ1n) is 9.31. The molecule has 2 aromatic rings. The van der Waals surface area contributed by atoms with Crippen molar-refractivity contribution in [1.29, 1.82) is 0 Å². The smallest absolute Gasteiger partial charge is 0.596 e. The molecule has 0 amide bonds. The fourth-order valence-electron chi connectivity index (χ4n) is 4.76. The van der Waals surface area contributed by atoms with Crippen molar-refractivity contribution in [1.82, 2.24) is 0 Å². The van der Waals surface area contributed by atoms with E-state index in [4.69, 9.17) is 9.31 Å². The minimum absolute atomic E-state index is 0.00450. The summed E-state index contributed by atoms with van der Waals surface area (Å²) in [6.45, 7) is 4.69. The molecule has 0 atom stereocenters.